The molecule has 2 heterocycles. The van der Waals surface area contributed by atoms with Gasteiger partial charge in [-0.2, -0.15) is 0 Å². The summed E-state index contributed by atoms with van der Waals surface area (Å²) in [4.78, 5) is 2.63. The van der Waals surface area contributed by atoms with E-state index in [0.29, 0.717) is 6.10 Å². The van der Waals surface area contributed by atoms with Gasteiger partial charge >= 0.3 is 0 Å². The Hall–Kier alpha value is -0.120. The summed E-state index contributed by atoms with van der Waals surface area (Å²) in [6, 6.07) is 0.731. The molecule has 0 bridgehead atoms. The van der Waals surface area contributed by atoms with E-state index in [9.17, 15) is 0 Å². The van der Waals surface area contributed by atoms with Crippen LogP contribution in [0.15, 0.2) is 0 Å². The Morgan fingerprint density at radius 3 is 2.75 bits per heavy atom. The molecular weight excluding hydrogens is 248 g/mol. The summed E-state index contributed by atoms with van der Waals surface area (Å²) in [5.74, 6) is 0. The molecule has 2 rings (SSSR count). The maximum Gasteiger partial charge on any atom is 0.0826 e. The Kier molecular flexibility index (Phi) is 7.92. The summed E-state index contributed by atoms with van der Waals surface area (Å²) in [7, 11) is 0. The van der Waals surface area contributed by atoms with Gasteiger partial charge in [0, 0.05) is 19.1 Å². The molecule has 0 aromatic carbocycles. The molecule has 2 unspecified atom stereocenters. The molecule has 2 aliphatic rings. The summed E-state index contributed by atoms with van der Waals surface area (Å²) in [6.45, 7) is 7.89. The summed E-state index contributed by atoms with van der Waals surface area (Å²) in [6.07, 6.45) is 12.9. The molecule has 0 spiro atoms. The molecule has 0 aliphatic carbocycles. The van der Waals surface area contributed by atoms with E-state index >= 15 is 0 Å². The van der Waals surface area contributed by atoms with Gasteiger partial charge in [0.2, 0.25) is 0 Å². The Morgan fingerprint density at radius 1 is 1.10 bits per heavy atom. The smallest absolute Gasteiger partial charge is 0.0826 e. The van der Waals surface area contributed by atoms with Crippen LogP contribution >= 0.6 is 0 Å². The van der Waals surface area contributed by atoms with Crippen molar-refractivity contribution in [2.75, 3.05) is 32.8 Å². The first-order valence-corrected chi connectivity index (χ1v) is 8.96. The lowest BCUT2D eigenvalue weighted by Gasteiger charge is -2.35. The van der Waals surface area contributed by atoms with Crippen LogP contribution in [0.5, 0.6) is 0 Å². The van der Waals surface area contributed by atoms with Crippen molar-refractivity contribution in [3.8, 4) is 0 Å². The van der Waals surface area contributed by atoms with Gasteiger partial charge in [-0.1, -0.05) is 45.4 Å². The molecule has 1 N–H and O–H groups in total. The molecule has 20 heavy (non-hydrogen) atoms. The van der Waals surface area contributed by atoms with Gasteiger partial charge in [-0.3, -0.25) is 4.90 Å². The molecule has 0 aromatic rings. The van der Waals surface area contributed by atoms with Crippen molar-refractivity contribution in [3.05, 3.63) is 0 Å². The standard InChI is InChI=1S/C17H34N2O/c1-2-3-4-5-6-7-8-11-18-13-17-14-19-12-9-10-16(19)15-20-17/h16-18H,2-15H2,1H3. The Bertz CT molecular complexity index is 247. The van der Waals surface area contributed by atoms with Crippen molar-refractivity contribution in [3.63, 3.8) is 0 Å². The van der Waals surface area contributed by atoms with Gasteiger partial charge in [0.1, 0.15) is 0 Å². The molecule has 2 aliphatic heterocycles. The van der Waals surface area contributed by atoms with Crippen molar-refractivity contribution in [1.82, 2.24) is 10.2 Å². The van der Waals surface area contributed by atoms with E-state index in [2.05, 4.69) is 17.1 Å². The van der Waals surface area contributed by atoms with E-state index in [-0.39, 0.29) is 0 Å². The minimum atomic E-state index is 0.425. The first-order valence-electron chi connectivity index (χ1n) is 8.96. The highest BCUT2D eigenvalue weighted by Crippen LogP contribution is 2.22. The van der Waals surface area contributed by atoms with Gasteiger partial charge in [0.05, 0.1) is 12.7 Å². The molecule has 0 radical (unpaired) electrons. The lowest BCUT2D eigenvalue weighted by Crippen LogP contribution is -2.49. The van der Waals surface area contributed by atoms with Crippen LogP contribution in [0.1, 0.15) is 64.7 Å². The van der Waals surface area contributed by atoms with Crippen LogP contribution in [-0.4, -0.2) is 49.8 Å². The fourth-order valence-corrected chi connectivity index (χ4v) is 3.48. The molecule has 118 valence electrons. The largest absolute Gasteiger partial charge is 0.374 e. The first kappa shape index (κ1) is 16.3. The SMILES string of the molecule is CCCCCCCCCNCC1CN2CCCC2CO1. The molecule has 3 nitrogen and oxygen atoms in total. The molecular formula is C17H34N2O. The molecule has 0 amide bonds. The predicted molar refractivity (Wildman–Crippen MR) is 85.2 cm³/mol. The summed E-state index contributed by atoms with van der Waals surface area (Å²) in [5, 5.41) is 3.59. The number of unbranched alkanes of at least 4 members (excludes halogenated alkanes) is 6. The van der Waals surface area contributed by atoms with Crippen molar-refractivity contribution in [2.45, 2.75) is 76.9 Å². The average Bonchev–Trinajstić information content (AvgIpc) is 2.93. The normalized spacial score (nSPS) is 26.9. The monoisotopic (exact) mass is 282 g/mol. The molecule has 2 saturated heterocycles. The third-order valence-corrected chi connectivity index (χ3v) is 4.79. The van der Waals surface area contributed by atoms with Gasteiger partial charge in [0.25, 0.3) is 0 Å². The highest BCUT2D eigenvalue weighted by molar-refractivity contribution is 4.85. The van der Waals surface area contributed by atoms with Crippen molar-refractivity contribution < 1.29 is 4.74 Å². The zero-order valence-corrected chi connectivity index (χ0v) is 13.4. The van der Waals surface area contributed by atoms with E-state index < -0.39 is 0 Å². The number of ether oxygens (including phenoxy) is 1. The number of hydrogen-bond donors (Lipinski definition) is 1. The quantitative estimate of drug-likeness (QED) is 0.623. The van der Waals surface area contributed by atoms with Crippen LogP contribution in [0, 0.1) is 0 Å². The highest BCUT2D eigenvalue weighted by Gasteiger charge is 2.31. The van der Waals surface area contributed by atoms with Gasteiger partial charge in [-0.05, 0) is 32.4 Å². The molecule has 2 fully saturated rings. The Labute approximate surface area is 125 Å². The van der Waals surface area contributed by atoms with Crippen LogP contribution in [0.4, 0.5) is 0 Å². The van der Waals surface area contributed by atoms with E-state index in [0.717, 1.165) is 32.3 Å². The summed E-state index contributed by atoms with van der Waals surface area (Å²) in [5.41, 5.74) is 0. The van der Waals surface area contributed by atoms with Crippen LogP contribution in [0.3, 0.4) is 0 Å². The van der Waals surface area contributed by atoms with Gasteiger partial charge in [-0.25, -0.2) is 0 Å². The minimum Gasteiger partial charge on any atom is -0.374 e. The van der Waals surface area contributed by atoms with Gasteiger partial charge in [0.15, 0.2) is 0 Å². The predicted octanol–water partition coefficient (Wildman–Crippen LogP) is 3.19. The van der Waals surface area contributed by atoms with Crippen molar-refractivity contribution in [2.24, 2.45) is 0 Å². The van der Waals surface area contributed by atoms with E-state index in [1.807, 2.05) is 0 Å². The second-order valence-electron chi connectivity index (χ2n) is 6.57. The maximum absolute atomic E-state index is 5.96. The lowest BCUT2D eigenvalue weighted by molar-refractivity contribution is -0.0468. The number of nitrogens with one attached hydrogen (secondary N) is 1. The summed E-state index contributed by atoms with van der Waals surface area (Å²) < 4.78 is 5.96. The Balaban J connectivity index is 1.40. The molecule has 0 saturated carbocycles. The average molecular weight is 282 g/mol. The lowest BCUT2D eigenvalue weighted by atomic mass is 10.1. The van der Waals surface area contributed by atoms with E-state index in [4.69, 9.17) is 4.74 Å². The third-order valence-electron chi connectivity index (χ3n) is 4.79. The molecule has 3 heteroatoms. The third kappa shape index (κ3) is 5.71. The second kappa shape index (κ2) is 9.75. The van der Waals surface area contributed by atoms with Crippen LogP contribution in [0.25, 0.3) is 0 Å². The van der Waals surface area contributed by atoms with Crippen LogP contribution < -0.4 is 5.32 Å². The number of fused-ring (bicyclic) bond motifs is 1. The highest BCUT2D eigenvalue weighted by atomic mass is 16.5. The summed E-state index contributed by atoms with van der Waals surface area (Å²) >= 11 is 0. The maximum atomic E-state index is 5.96. The number of rotatable bonds is 10. The van der Waals surface area contributed by atoms with Crippen molar-refractivity contribution in [1.29, 1.82) is 0 Å². The van der Waals surface area contributed by atoms with E-state index in [1.165, 1.54) is 64.3 Å². The Morgan fingerprint density at radius 2 is 1.90 bits per heavy atom. The fourth-order valence-electron chi connectivity index (χ4n) is 3.48. The fraction of sp³-hybridized carbons (Fsp3) is 1.00. The first-order chi connectivity index (χ1) is 9.90. The number of hydrogen-bond acceptors (Lipinski definition) is 3. The molecule has 0 aromatic heterocycles. The topological polar surface area (TPSA) is 24.5 Å². The second-order valence-corrected chi connectivity index (χ2v) is 6.57. The van der Waals surface area contributed by atoms with E-state index in [1.54, 1.807) is 0 Å². The zero-order chi connectivity index (χ0) is 14.0. The zero-order valence-electron chi connectivity index (χ0n) is 13.4. The van der Waals surface area contributed by atoms with Gasteiger partial charge < -0.3 is 10.1 Å². The number of nitrogens with zero attached hydrogens (tertiary/aromatic N) is 1. The molecule has 2 atom stereocenters. The van der Waals surface area contributed by atoms with Gasteiger partial charge in [-0.15, -0.1) is 0 Å². The minimum absolute atomic E-state index is 0.425. The van der Waals surface area contributed by atoms with Crippen LogP contribution in [0.2, 0.25) is 0 Å². The van der Waals surface area contributed by atoms with Crippen molar-refractivity contribution >= 4 is 0 Å². The number of morpholine rings is 1. The van der Waals surface area contributed by atoms with Crippen LogP contribution in [-0.2, 0) is 4.74 Å².